The van der Waals surface area contributed by atoms with Gasteiger partial charge in [-0.15, -0.1) is 24.0 Å². The molecule has 2 fully saturated rings. The summed E-state index contributed by atoms with van der Waals surface area (Å²) in [7, 11) is 1.88. The van der Waals surface area contributed by atoms with Crippen molar-refractivity contribution in [3.8, 4) is 0 Å². The molecule has 1 heterocycles. The maximum atomic E-state index is 4.38. The summed E-state index contributed by atoms with van der Waals surface area (Å²) >= 11 is 0. The van der Waals surface area contributed by atoms with Crippen LogP contribution in [0.1, 0.15) is 40.5 Å². The fourth-order valence-electron chi connectivity index (χ4n) is 2.07. The Hall–Kier alpha value is 0. The van der Waals surface area contributed by atoms with E-state index in [9.17, 15) is 0 Å². The molecular formula is C12H24IN3. The quantitative estimate of drug-likeness (QED) is 0.452. The van der Waals surface area contributed by atoms with Gasteiger partial charge in [0.25, 0.3) is 0 Å². The summed E-state index contributed by atoms with van der Waals surface area (Å²) in [5.74, 6) is 1.09. The van der Waals surface area contributed by atoms with Gasteiger partial charge in [0.15, 0.2) is 5.96 Å². The summed E-state index contributed by atoms with van der Waals surface area (Å²) in [6.45, 7) is 10.4. The third kappa shape index (κ3) is 2.17. The van der Waals surface area contributed by atoms with E-state index in [-0.39, 0.29) is 29.5 Å². The molecule has 1 aliphatic carbocycles. The van der Waals surface area contributed by atoms with Crippen molar-refractivity contribution in [3.05, 3.63) is 0 Å². The zero-order chi connectivity index (χ0) is 11.3. The molecule has 2 rings (SSSR count). The predicted molar refractivity (Wildman–Crippen MR) is 79.5 cm³/mol. The number of rotatable bonds is 1. The van der Waals surface area contributed by atoms with Crippen LogP contribution in [-0.4, -0.2) is 36.0 Å². The van der Waals surface area contributed by atoms with Gasteiger partial charge in [-0.05, 0) is 26.7 Å². The fraction of sp³-hybridized carbons (Fsp3) is 0.917. The summed E-state index contributed by atoms with van der Waals surface area (Å²) in [6, 6.07) is 0.684. The lowest BCUT2D eigenvalue weighted by molar-refractivity contribution is -0.0667. The Kier molecular flexibility index (Phi) is 3.82. The van der Waals surface area contributed by atoms with Crippen LogP contribution in [0.4, 0.5) is 0 Å². The maximum absolute atomic E-state index is 4.38. The minimum Gasteiger partial charge on any atom is -0.353 e. The second-order valence-corrected chi connectivity index (χ2v) is 5.99. The number of hydrogen-bond donors (Lipinski definition) is 1. The Balaban J connectivity index is 0.00000128. The van der Waals surface area contributed by atoms with E-state index in [0.717, 1.165) is 12.5 Å². The van der Waals surface area contributed by atoms with Gasteiger partial charge in [0.2, 0.25) is 0 Å². The second kappa shape index (κ2) is 4.35. The second-order valence-electron chi connectivity index (χ2n) is 5.99. The molecular weight excluding hydrogens is 313 g/mol. The fourth-order valence-corrected chi connectivity index (χ4v) is 2.07. The van der Waals surface area contributed by atoms with E-state index in [1.165, 1.54) is 12.8 Å². The van der Waals surface area contributed by atoms with Crippen molar-refractivity contribution in [2.45, 2.75) is 52.1 Å². The minimum atomic E-state index is 0. The number of halogens is 1. The number of nitrogens with one attached hydrogen (secondary N) is 1. The van der Waals surface area contributed by atoms with E-state index in [1.54, 1.807) is 0 Å². The van der Waals surface area contributed by atoms with Gasteiger partial charge in [0, 0.05) is 30.6 Å². The molecule has 0 aromatic carbocycles. The number of guanidine groups is 1. The number of hydrogen-bond acceptors (Lipinski definition) is 1. The van der Waals surface area contributed by atoms with Gasteiger partial charge in [-0.25, -0.2) is 0 Å². The van der Waals surface area contributed by atoms with Crippen LogP contribution in [0.15, 0.2) is 4.99 Å². The summed E-state index contributed by atoms with van der Waals surface area (Å²) in [5.41, 5.74) is 0.595. The van der Waals surface area contributed by atoms with Crippen LogP contribution >= 0.6 is 24.0 Å². The lowest BCUT2D eigenvalue weighted by Crippen LogP contribution is -2.72. The number of nitrogens with zero attached hydrogens (tertiary/aromatic N) is 2. The molecule has 94 valence electrons. The molecule has 0 unspecified atom stereocenters. The Bertz CT molecular complexity index is 293. The molecule has 4 heteroatoms. The first-order valence-electron chi connectivity index (χ1n) is 5.89. The molecule has 0 atom stereocenters. The van der Waals surface area contributed by atoms with Crippen LogP contribution in [0.3, 0.4) is 0 Å². The predicted octanol–water partition coefficient (Wildman–Crippen LogP) is 2.46. The third-order valence-electron chi connectivity index (χ3n) is 4.26. The van der Waals surface area contributed by atoms with Crippen LogP contribution in [0.5, 0.6) is 0 Å². The third-order valence-corrected chi connectivity index (χ3v) is 4.26. The smallest absolute Gasteiger partial charge is 0.194 e. The van der Waals surface area contributed by atoms with Crippen molar-refractivity contribution in [1.82, 2.24) is 10.2 Å². The summed E-state index contributed by atoms with van der Waals surface area (Å²) in [5, 5.41) is 3.51. The molecule has 1 aliphatic heterocycles. The molecule has 2 aliphatic rings. The zero-order valence-electron chi connectivity index (χ0n) is 11.0. The van der Waals surface area contributed by atoms with Crippen LogP contribution < -0.4 is 5.32 Å². The number of aliphatic imine (C=N–C) groups is 1. The SMILES string of the molecule is CN=C(NC1CC1)N1CC(C)(C)C1(C)C.I. The van der Waals surface area contributed by atoms with E-state index in [2.05, 4.69) is 42.9 Å². The first-order chi connectivity index (χ1) is 6.88. The average Bonchev–Trinajstić information content (AvgIpc) is 2.94. The van der Waals surface area contributed by atoms with Crippen molar-refractivity contribution in [2.75, 3.05) is 13.6 Å². The molecule has 16 heavy (non-hydrogen) atoms. The van der Waals surface area contributed by atoms with E-state index in [0.29, 0.717) is 11.5 Å². The van der Waals surface area contributed by atoms with E-state index in [4.69, 9.17) is 0 Å². The lowest BCUT2D eigenvalue weighted by Gasteiger charge is -2.62. The molecule has 1 N–H and O–H groups in total. The number of likely N-dealkylation sites (tertiary alicyclic amines) is 1. The maximum Gasteiger partial charge on any atom is 0.194 e. The average molecular weight is 337 g/mol. The van der Waals surface area contributed by atoms with E-state index < -0.39 is 0 Å². The van der Waals surface area contributed by atoms with E-state index >= 15 is 0 Å². The van der Waals surface area contributed by atoms with Gasteiger partial charge in [0.1, 0.15) is 0 Å². The molecule has 0 radical (unpaired) electrons. The largest absolute Gasteiger partial charge is 0.353 e. The topological polar surface area (TPSA) is 27.6 Å². The summed E-state index contributed by atoms with van der Waals surface area (Å²) < 4.78 is 0. The monoisotopic (exact) mass is 337 g/mol. The lowest BCUT2D eigenvalue weighted by atomic mass is 9.65. The summed E-state index contributed by atoms with van der Waals surface area (Å²) in [4.78, 5) is 6.78. The Morgan fingerprint density at radius 2 is 1.81 bits per heavy atom. The normalized spacial score (nSPS) is 26.8. The Labute approximate surface area is 116 Å². The molecule has 1 saturated carbocycles. The molecule has 3 nitrogen and oxygen atoms in total. The molecule has 0 aromatic rings. The highest BCUT2D eigenvalue weighted by Crippen LogP contribution is 2.46. The van der Waals surface area contributed by atoms with Gasteiger partial charge in [0.05, 0.1) is 0 Å². The molecule has 0 spiro atoms. The molecule has 0 aromatic heterocycles. The first-order valence-corrected chi connectivity index (χ1v) is 5.89. The van der Waals surface area contributed by atoms with Gasteiger partial charge in [-0.2, -0.15) is 0 Å². The highest BCUT2D eigenvalue weighted by atomic mass is 127. The first kappa shape index (κ1) is 14.1. The van der Waals surface area contributed by atoms with Crippen molar-refractivity contribution in [2.24, 2.45) is 10.4 Å². The van der Waals surface area contributed by atoms with Gasteiger partial charge < -0.3 is 10.2 Å². The van der Waals surface area contributed by atoms with Crippen molar-refractivity contribution in [3.63, 3.8) is 0 Å². The highest BCUT2D eigenvalue weighted by molar-refractivity contribution is 14.0. The summed E-state index contributed by atoms with van der Waals surface area (Å²) in [6.07, 6.45) is 2.60. The minimum absolute atomic E-state index is 0. The molecule has 0 amide bonds. The van der Waals surface area contributed by atoms with Crippen LogP contribution in [-0.2, 0) is 0 Å². The van der Waals surface area contributed by atoms with Crippen LogP contribution in [0.25, 0.3) is 0 Å². The standard InChI is InChI=1S/C12H23N3.HI/c1-11(2)8-15(12(11,3)4)10(13-5)14-9-6-7-9;/h9H,6-8H2,1-5H3,(H,13,14);1H. The van der Waals surface area contributed by atoms with Crippen molar-refractivity contribution < 1.29 is 0 Å². The van der Waals surface area contributed by atoms with Gasteiger partial charge in [-0.1, -0.05) is 13.8 Å². The Morgan fingerprint density at radius 1 is 1.25 bits per heavy atom. The zero-order valence-corrected chi connectivity index (χ0v) is 13.3. The highest BCUT2D eigenvalue weighted by Gasteiger charge is 2.54. The van der Waals surface area contributed by atoms with E-state index in [1.807, 2.05) is 7.05 Å². The van der Waals surface area contributed by atoms with Crippen molar-refractivity contribution >= 4 is 29.9 Å². The van der Waals surface area contributed by atoms with Gasteiger partial charge in [-0.3, -0.25) is 4.99 Å². The van der Waals surface area contributed by atoms with Crippen molar-refractivity contribution in [1.29, 1.82) is 0 Å². The molecule has 1 saturated heterocycles. The Morgan fingerprint density at radius 3 is 2.12 bits per heavy atom. The van der Waals surface area contributed by atoms with Crippen LogP contribution in [0, 0.1) is 5.41 Å². The molecule has 0 bridgehead atoms. The van der Waals surface area contributed by atoms with Crippen LogP contribution in [0.2, 0.25) is 0 Å². The van der Waals surface area contributed by atoms with Gasteiger partial charge >= 0.3 is 0 Å².